The van der Waals surface area contributed by atoms with E-state index in [9.17, 15) is 0 Å². The van der Waals surface area contributed by atoms with Crippen molar-refractivity contribution in [3.63, 3.8) is 0 Å². The Labute approximate surface area is 95.8 Å². The third kappa shape index (κ3) is 2.80. The van der Waals surface area contributed by atoms with Crippen LogP contribution >= 0.6 is 0 Å². The first-order chi connectivity index (χ1) is 7.72. The van der Waals surface area contributed by atoms with Gasteiger partial charge in [-0.25, -0.2) is 4.68 Å². The summed E-state index contributed by atoms with van der Waals surface area (Å²) in [6.07, 6.45) is 7.03. The molecule has 90 valence electrons. The fraction of sp³-hybridized carbons (Fsp3) is 0.818. The van der Waals surface area contributed by atoms with E-state index in [1.165, 1.54) is 25.7 Å². The smallest absolute Gasteiger partial charge is 0.0965 e. The molecule has 1 heterocycles. The number of aromatic nitrogens is 3. The summed E-state index contributed by atoms with van der Waals surface area (Å²) in [7, 11) is 0. The van der Waals surface area contributed by atoms with Crippen LogP contribution in [0.1, 0.15) is 38.3 Å². The highest BCUT2D eigenvalue weighted by Crippen LogP contribution is 2.28. The molecule has 1 aliphatic rings. The van der Waals surface area contributed by atoms with Crippen LogP contribution in [-0.4, -0.2) is 32.2 Å². The number of aliphatic hydroxyl groups excluding tert-OH is 1. The quantitative estimate of drug-likeness (QED) is 0.772. The minimum Gasteiger partial charge on any atom is -0.394 e. The maximum absolute atomic E-state index is 8.77. The number of aliphatic hydroxyl groups is 1. The first-order valence-corrected chi connectivity index (χ1v) is 5.97. The van der Waals surface area contributed by atoms with Crippen molar-refractivity contribution in [1.29, 1.82) is 0 Å². The van der Waals surface area contributed by atoms with Crippen molar-refractivity contribution < 1.29 is 5.11 Å². The Balaban J connectivity index is 1.84. The number of nitrogens with one attached hydrogen (secondary N) is 1. The second kappa shape index (κ2) is 4.93. The van der Waals surface area contributed by atoms with E-state index < -0.39 is 0 Å². The van der Waals surface area contributed by atoms with Crippen LogP contribution in [0.2, 0.25) is 0 Å². The molecular weight excluding hydrogens is 204 g/mol. The zero-order chi connectivity index (χ0) is 11.4. The van der Waals surface area contributed by atoms with Gasteiger partial charge in [-0.1, -0.05) is 18.1 Å². The SMILES string of the molecule is CC1(NCc2cn(CCO)nn2)CCCC1. The molecule has 0 atom stereocenters. The Hall–Kier alpha value is -0.940. The van der Waals surface area contributed by atoms with E-state index in [1.54, 1.807) is 4.68 Å². The molecule has 0 saturated heterocycles. The molecule has 1 fully saturated rings. The van der Waals surface area contributed by atoms with Crippen molar-refractivity contribution >= 4 is 0 Å². The van der Waals surface area contributed by atoms with Crippen LogP contribution < -0.4 is 5.32 Å². The topological polar surface area (TPSA) is 63.0 Å². The lowest BCUT2D eigenvalue weighted by molar-refractivity contribution is 0.268. The van der Waals surface area contributed by atoms with Crippen LogP contribution in [0.4, 0.5) is 0 Å². The molecule has 0 bridgehead atoms. The van der Waals surface area contributed by atoms with Crippen LogP contribution in [-0.2, 0) is 13.1 Å². The van der Waals surface area contributed by atoms with Crippen molar-refractivity contribution in [2.75, 3.05) is 6.61 Å². The summed E-state index contributed by atoms with van der Waals surface area (Å²) in [6, 6.07) is 0. The highest BCUT2D eigenvalue weighted by atomic mass is 16.3. The van der Waals surface area contributed by atoms with Crippen LogP contribution in [0, 0.1) is 0 Å². The van der Waals surface area contributed by atoms with Crippen LogP contribution in [0.5, 0.6) is 0 Å². The zero-order valence-electron chi connectivity index (χ0n) is 9.82. The maximum Gasteiger partial charge on any atom is 0.0965 e. The third-order valence-corrected chi connectivity index (χ3v) is 3.32. The molecule has 1 aromatic heterocycles. The van der Waals surface area contributed by atoms with E-state index in [4.69, 9.17) is 5.11 Å². The normalized spacial score (nSPS) is 19.1. The van der Waals surface area contributed by atoms with Crippen molar-refractivity contribution in [2.45, 2.75) is 51.2 Å². The lowest BCUT2D eigenvalue weighted by Gasteiger charge is -2.24. The van der Waals surface area contributed by atoms with Gasteiger partial charge in [-0.05, 0) is 19.8 Å². The Kier molecular flexibility index (Phi) is 3.56. The van der Waals surface area contributed by atoms with E-state index >= 15 is 0 Å². The highest BCUT2D eigenvalue weighted by Gasteiger charge is 2.27. The summed E-state index contributed by atoms with van der Waals surface area (Å²) in [5.74, 6) is 0. The van der Waals surface area contributed by atoms with Crippen molar-refractivity contribution in [3.8, 4) is 0 Å². The lowest BCUT2D eigenvalue weighted by atomic mass is 10.0. The summed E-state index contributed by atoms with van der Waals surface area (Å²) < 4.78 is 1.67. The molecule has 1 saturated carbocycles. The number of rotatable bonds is 5. The third-order valence-electron chi connectivity index (χ3n) is 3.32. The number of hydrogen-bond donors (Lipinski definition) is 2. The van der Waals surface area contributed by atoms with Gasteiger partial charge in [0.15, 0.2) is 0 Å². The zero-order valence-corrected chi connectivity index (χ0v) is 9.82. The minimum atomic E-state index is 0.105. The van der Waals surface area contributed by atoms with Gasteiger partial charge in [0.05, 0.1) is 18.8 Å². The highest BCUT2D eigenvalue weighted by molar-refractivity contribution is 4.96. The number of hydrogen-bond acceptors (Lipinski definition) is 4. The van der Waals surface area contributed by atoms with Gasteiger partial charge in [0, 0.05) is 18.3 Å². The molecule has 0 spiro atoms. The minimum absolute atomic E-state index is 0.105. The maximum atomic E-state index is 8.77. The molecule has 0 aromatic carbocycles. The van der Waals surface area contributed by atoms with Gasteiger partial charge in [-0.15, -0.1) is 5.10 Å². The van der Waals surface area contributed by atoms with E-state index in [-0.39, 0.29) is 12.1 Å². The second-order valence-corrected chi connectivity index (χ2v) is 4.82. The summed E-state index contributed by atoms with van der Waals surface area (Å²) >= 11 is 0. The molecule has 16 heavy (non-hydrogen) atoms. The van der Waals surface area contributed by atoms with E-state index in [0.29, 0.717) is 6.54 Å². The molecule has 5 nitrogen and oxygen atoms in total. The first kappa shape index (κ1) is 11.5. The summed E-state index contributed by atoms with van der Waals surface area (Å²) in [6.45, 7) is 3.66. The van der Waals surface area contributed by atoms with Crippen LogP contribution in [0.3, 0.4) is 0 Å². The molecule has 0 radical (unpaired) electrons. The van der Waals surface area contributed by atoms with Crippen molar-refractivity contribution in [1.82, 2.24) is 20.3 Å². The molecule has 5 heteroatoms. The molecule has 0 aliphatic heterocycles. The largest absolute Gasteiger partial charge is 0.394 e. The van der Waals surface area contributed by atoms with Gasteiger partial charge in [-0.3, -0.25) is 0 Å². The van der Waals surface area contributed by atoms with Crippen molar-refractivity contribution in [3.05, 3.63) is 11.9 Å². The van der Waals surface area contributed by atoms with Gasteiger partial charge in [0.25, 0.3) is 0 Å². The molecule has 2 N–H and O–H groups in total. The van der Waals surface area contributed by atoms with Gasteiger partial charge >= 0.3 is 0 Å². The van der Waals surface area contributed by atoms with Gasteiger partial charge in [0.1, 0.15) is 0 Å². The second-order valence-electron chi connectivity index (χ2n) is 4.82. The number of nitrogens with zero attached hydrogens (tertiary/aromatic N) is 3. The predicted octanol–water partition coefficient (Wildman–Crippen LogP) is 0.693. The Morgan fingerprint density at radius 1 is 1.50 bits per heavy atom. The Bertz CT molecular complexity index is 330. The van der Waals surface area contributed by atoms with E-state index in [1.807, 2.05) is 6.20 Å². The van der Waals surface area contributed by atoms with E-state index in [0.717, 1.165) is 12.2 Å². The summed E-state index contributed by atoms with van der Waals surface area (Å²) in [4.78, 5) is 0. The molecule has 2 rings (SSSR count). The van der Waals surface area contributed by atoms with E-state index in [2.05, 4.69) is 22.6 Å². The van der Waals surface area contributed by atoms with Gasteiger partial charge in [0.2, 0.25) is 0 Å². The summed E-state index contributed by atoms with van der Waals surface area (Å²) in [5, 5.41) is 20.3. The first-order valence-electron chi connectivity index (χ1n) is 5.97. The molecule has 0 unspecified atom stereocenters. The van der Waals surface area contributed by atoms with Crippen LogP contribution in [0.25, 0.3) is 0 Å². The molecular formula is C11H20N4O. The van der Waals surface area contributed by atoms with Crippen LogP contribution in [0.15, 0.2) is 6.20 Å². The predicted molar refractivity (Wildman–Crippen MR) is 60.8 cm³/mol. The average Bonchev–Trinajstić information content (AvgIpc) is 2.86. The lowest BCUT2D eigenvalue weighted by Crippen LogP contribution is -2.38. The molecule has 1 aliphatic carbocycles. The van der Waals surface area contributed by atoms with Gasteiger partial charge < -0.3 is 10.4 Å². The summed E-state index contributed by atoms with van der Waals surface area (Å²) in [5.41, 5.74) is 1.22. The fourth-order valence-electron chi connectivity index (χ4n) is 2.27. The average molecular weight is 224 g/mol. The monoisotopic (exact) mass is 224 g/mol. The van der Waals surface area contributed by atoms with Crippen molar-refractivity contribution in [2.24, 2.45) is 0 Å². The Morgan fingerprint density at radius 3 is 2.94 bits per heavy atom. The van der Waals surface area contributed by atoms with Gasteiger partial charge in [-0.2, -0.15) is 0 Å². The fourth-order valence-corrected chi connectivity index (χ4v) is 2.27. The standard InChI is InChI=1S/C11H20N4O/c1-11(4-2-3-5-11)12-8-10-9-15(6-7-16)14-13-10/h9,12,16H,2-8H2,1H3. The Morgan fingerprint density at radius 2 is 2.25 bits per heavy atom. The molecule has 1 aromatic rings. The molecule has 0 amide bonds.